The second-order valence-corrected chi connectivity index (χ2v) is 2.94. The van der Waals surface area contributed by atoms with Gasteiger partial charge in [0.1, 0.15) is 5.65 Å². The Kier molecular flexibility index (Phi) is 1.66. The second-order valence-electron chi connectivity index (χ2n) is 2.50. The summed E-state index contributed by atoms with van der Waals surface area (Å²) in [5.74, 6) is 0. The van der Waals surface area contributed by atoms with Crippen molar-refractivity contribution >= 4 is 28.3 Å². The lowest BCUT2D eigenvalue weighted by Crippen LogP contribution is -1.84. The number of pyridine rings is 1. The summed E-state index contributed by atoms with van der Waals surface area (Å²) in [5.41, 5.74) is 1.86. The zero-order valence-electron chi connectivity index (χ0n) is 6.56. The predicted molar refractivity (Wildman–Crippen MR) is 50.7 cm³/mol. The number of halogens is 1. The van der Waals surface area contributed by atoms with E-state index in [4.69, 9.17) is 11.6 Å². The number of fused-ring (bicyclic) bond motifs is 1. The number of H-pyrrole nitrogens is 1. The maximum absolute atomic E-state index is 5.80. The SMILES string of the molecule is CNc1c[nH]c2ncc(Cl)cc12. The van der Waals surface area contributed by atoms with E-state index in [9.17, 15) is 0 Å². The summed E-state index contributed by atoms with van der Waals surface area (Å²) >= 11 is 5.80. The third-order valence-corrected chi connectivity index (χ3v) is 1.97. The van der Waals surface area contributed by atoms with Gasteiger partial charge in [-0.3, -0.25) is 0 Å². The number of rotatable bonds is 1. The molecule has 0 bridgehead atoms. The van der Waals surface area contributed by atoms with Crippen LogP contribution in [0.3, 0.4) is 0 Å². The van der Waals surface area contributed by atoms with Crippen LogP contribution in [0.1, 0.15) is 0 Å². The summed E-state index contributed by atoms with van der Waals surface area (Å²) in [6.07, 6.45) is 3.49. The van der Waals surface area contributed by atoms with Crippen molar-refractivity contribution in [2.24, 2.45) is 0 Å². The molecule has 2 aromatic heterocycles. The maximum atomic E-state index is 5.80. The van der Waals surface area contributed by atoms with Crippen LogP contribution in [-0.4, -0.2) is 17.0 Å². The van der Waals surface area contributed by atoms with Crippen LogP contribution in [0.2, 0.25) is 5.02 Å². The van der Waals surface area contributed by atoms with Crippen LogP contribution in [0.15, 0.2) is 18.5 Å². The highest BCUT2D eigenvalue weighted by molar-refractivity contribution is 6.31. The number of aromatic amines is 1. The first-order valence-corrected chi connectivity index (χ1v) is 3.99. The predicted octanol–water partition coefficient (Wildman–Crippen LogP) is 2.26. The molecular formula is C8H8ClN3. The van der Waals surface area contributed by atoms with Gasteiger partial charge < -0.3 is 10.3 Å². The molecule has 0 unspecified atom stereocenters. The third kappa shape index (κ3) is 1.02. The van der Waals surface area contributed by atoms with E-state index in [2.05, 4.69) is 15.3 Å². The molecule has 2 aromatic rings. The van der Waals surface area contributed by atoms with Crippen LogP contribution in [0.25, 0.3) is 11.0 Å². The lowest BCUT2D eigenvalue weighted by atomic mass is 10.3. The Morgan fingerprint density at radius 3 is 3.17 bits per heavy atom. The van der Waals surface area contributed by atoms with Gasteiger partial charge >= 0.3 is 0 Å². The minimum atomic E-state index is 0.651. The molecule has 0 aliphatic rings. The van der Waals surface area contributed by atoms with Crippen molar-refractivity contribution < 1.29 is 0 Å². The van der Waals surface area contributed by atoms with Gasteiger partial charge in [0.2, 0.25) is 0 Å². The summed E-state index contributed by atoms with van der Waals surface area (Å²) in [6.45, 7) is 0. The van der Waals surface area contributed by atoms with E-state index in [1.54, 1.807) is 6.20 Å². The molecule has 0 spiro atoms. The van der Waals surface area contributed by atoms with Crippen LogP contribution in [0.4, 0.5) is 5.69 Å². The van der Waals surface area contributed by atoms with E-state index in [1.807, 2.05) is 19.3 Å². The quantitative estimate of drug-likeness (QED) is 0.709. The van der Waals surface area contributed by atoms with Crippen molar-refractivity contribution in [1.82, 2.24) is 9.97 Å². The molecule has 0 saturated heterocycles. The zero-order valence-corrected chi connectivity index (χ0v) is 7.31. The molecule has 0 aliphatic carbocycles. The van der Waals surface area contributed by atoms with Gasteiger partial charge in [-0.25, -0.2) is 4.98 Å². The summed E-state index contributed by atoms with van der Waals surface area (Å²) in [4.78, 5) is 7.16. The van der Waals surface area contributed by atoms with Crippen molar-refractivity contribution in [1.29, 1.82) is 0 Å². The summed E-state index contributed by atoms with van der Waals surface area (Å²) in [7, 11) is 1.86. The second kappa shape index (κ2) is 2.68. The van der Waals surface area contributed by atoms with E-state index < -0.39 is 0 Å². The molecule has 3 nitrogen and oxygen atoms in total. The fourth-order valence-corrected chi connectivity index (χ4v) is 1.34. The Labute approximate surface area is 74.8 Å². The number of hydrogen-bond acceptors (Lipinski definition) is 2. The van der Waals surface area contributed by atoms with E-state index >= 15 is 0 Å². The van der Waals surface area contributed by atoms with Crippen LogP contribution in [-0.2, 0) is 0 Å². The molecule has 0 radical (unpaired) electrons. The monoisotopic (exact) mass is 181 g/mol. The fraction of sp³-hybridized carbons (Fsp3) is 0.125. The molecule has 62 valence electrons. The fourth-order valence-electron chi connectivity index (χ4n) is 1.18. The third-order valence-electron chi connectivity index (χ3n) is 1.77. The Morgan fingerprint density at radius 1 is 1.58 bits per heavy atom. The highest BCUT2D eigenvalue weighted by atomic mass is 35.5. The lowest BCUT2D eigenvalue weighted by Gasteiger charge is -1.95. The number of nitrogens with one attached hydrogen (secondary N) is 2. The van der Waals surface area contributed by atoms with E-state index in [1.165, 1.54) is 0 Å². The van der Waals surface area contributed by atoms with Gasteiger partial charge in [0.15, 0.2) is 0 Å². The number of hydrogen-bond donors (Lipinski definition) is 2. The lowest BCUT2D eigenvalue weighted by molar-refractivity contribution is 1.32. The Bertz CT molecular complexity index is 408. The van der Waals surface area contributed by atoms with E-state index in [0.29, 0.717) is 5.02 Å². The summed E-state index contributed by atoms with van der Waals surface area (Å²) < 4.78 is 0. The first-order valence-electron chi connectivity index (χ1n) is 3.61. The first kappa shape index (κ1) is 7.43. The molecular weight excluding hydrogens is 174 g/mol. The minimum Gasteiger partial charge on any atom is -0.386 e. The summed E-state index contributed by atoms with van der Waals surface area (Å²) in [6, 6.07) is 1.88. The molecule has 0 aromatic carbocycles. The molecule has 0 aliphatic heterocycles. The van der Waals surface area contributed by atoms with Crippen molar-refractivity contribution in [3.63, 3.8) is 0 Å². The van der Waals surface area contributed by atoms with Gasteiger partial charge in [0.05, 0.1) is 10.7 Å². The highest BCUT2D eigenvalue weighted by Gasteiger charge is 2.02. The standard InChI is InChI=1S/C8H8ClN3/c1-10-7-4-12-8-6(7)2-5(9)3-11-8/h2-4,10H,1H3,(H,11,12). The van der Waals surface area contributed by atoms with Crippen molar-refractivity contribution in [3.05, 3.63) is 23.5 Å². The number of anilines is 1. The number of aromatic nitrogens is 2. The Balaban J connectivity index is 2.75. The van der Waals surface area contributed by atoms with E-state index in [-0.39, 0.29) is 0 Å². The van der Waals surface area contributed by atoms with Gasteiger partial charge in [-0.2, -0.15) is 0 Å². The molecule has 0 fully saturated rings. The van der Waals surface area contributed by atoms with Gasteiger partial charge in [-0.1, -0.05) is 11.6 Å². The Hall–Kier alpha value is -1.22. The molecule has 0 saturated carbocycles. The van der Waals surface area contributed by atoms with Crippen molar-refractivity contribution in [2.75, 3.05) is 12.4 Å². The van der Waals surface area contributed by atoms with Gasteiger partial charge in [0.25, 0.3) is 0 Å². The van der Waals surface area contributed by atoms with Crippen molar-refractivity contribution in [2.45, 2.75) is 0 Å². The van der Waals surface area contributed by atoms with Crippen LogP contribution in [0, 0.1) is 0 Å². The van der Waals surface area contributed by atoms with Gasteiger partial charge in [-0.15, -0.1) is 0 Å². The van der Waals surface area contributed by atoms with Crippen molar-refractivity contribution in [3.8, 4) is 0 Å². The van der Waals surface area contributed by atoms with Gasteiger partial charge in [0, 0.05) is 24.8 Å². The average Bonchev–Trinajstić information content (AvgIpc) is 2.46. The van der Waals surface area contributed by atoms with Crippen LogP contribution < -0.4 is 5.32 Å². The molecule has 2 rings (SSSR count). The van der Waals surface area contributed by atoms with Gasteiger partial charge in [-0.05, 0) is 6.07 Å². The normalized spacial score (nSPS) is 10.5. The molecule has 0 atom stereocenters. The maximum Gasteiger partial charge on any atom is 0.139 e. The summed E-state index contributed by atoms with van der Waals surface area (Å²) in [5, 5.41) is 4.72. The van der Waals surface area contributed by atoms with Crippen LogP contribution in [0.5, 0.6) is 0 Å². The first-order chi connectivity index (χ1) is 5.81. The molecule has 2 N–H and O–H groups in total. The topological polar surface area (TPSA) is 40.7 Å². The Morgan fingerprint density at radius 2 is 2.42 bits per heavy atom. The van der Waals surface area contributed by atoms with E-state index in [0.717, 1.165) is 16.7 Å². The van der Waals surface area contributed by atoms with Crippen LogP contribution >= 0.6 is 11.6 Å². The molecule has 2 heterocycles. The highest BCUT2D eigenvalue weighted by Crippen LogP contribution is 2.23. The average molecular weight is 182 g/mol. The molecule has 12 heavy (non-hydrogen) atoms. The minimum absolute atomic E-state index is 0.651. The zero-order chi connectivity index (χ0) is 8.55. The molecule has 4 heteroatoms. The molecule has 0 amide bonds. The number of nitrogens with zero attached hydrogens (tertiary/aromatic N) is 1. The largest absolute Gasteiger partial charge is 0.386 e. The smallest absolute Gasteiger partial charge is 0.139 e.